The molecule has 1 aromatic heterocycles. The Bertz CT molecular complexity index is 757. The zero-order valence-electron chi connectivity index (χ0n) is 14.7. The van der Waals surface area contributed by atoms with Gasteiger partial charge in [0, 0.05) is 24.0 Å². The number of carbonyl (C=O) groups excluding carboxylic acids is 1. The lowest BCUT2D eigenvalue weighted by molar-refractivity contribution is 0.100. The minimum atomic E-state index is -0.559. The van der Waals surface area contributed by atoms with E-state index in [2.05, 4.69) is 20.6 Å². The molecule has 1 heterocycles. The fraction of sp³-hybridized carbons (Fsp3) is 0.389. The van der Waals surface area contributed by atoms with Crippen LogP contribution in [0.5, 0.6) is 5.75 Å². The summed E-state index contributed by atoms with van der Waals surface area (Å²) in [6.45, 7) is 0. The molecule has 0 spiro atoms. The summed E-state index contributed by atoms with van der Waals surface area (Å²) in [6, 6.07) is 7.87. The van der Waals surface area contributed by atoms with Gasteiger partial charge in [-0.25, -0.2) is 4.98 Å². The van der Waals surface area contributed by atoms with Gasteiger partial charge in [-0.15, -0.1) is 0 Å². The van der Waals surface area contributed by atoms with E-state index in [4.69, 9.17) is 16.2 Å². The maximum atomic E-state index is 11.7. The smallest absolute Gasteiger partial charge is 0.254 e. The van der Waals surface area contributed by atoms with E-state index in [1.54, 1.807) is 7.11 Å². The first-order valence-electron chi connectivity index (χ1n) is 8.65. The quantitative estimate of drug-likeness (QED) is 0.623. The van der Waals surface area contributed by atoms with E-state index < -0.39 is 5.91 Å². The molecule has 1 amide bonds. The summed E-state index contributed by atoms with van der Waals surface area (Å²) in [5.74, 6) is 1.04. The Balaban J connectivity index is 1.77. The average Bonchev–Trinajstić information content (AvgIpc) is 2.64. The van der Waals surface area contributed by atoms with Crippen LogP contribution in [0.3, 0.4) is 0 Å². The molecule has 1 aliphatic rings. The number of carbonyl (C=O) groups is 1. The number of aromatic nitrogens is 2. The first-order valence-corrected chi connectivity index (χ1v) is 8.65. The lowest BCUT2D eigenvalue weighted by Gasteiger charge is -2.27. The van der Waals surface area contributed by atoms with Gasteiger partial charge in [0.15, 0.2) is 0 Å². The molecule has 2 aromatic rings. The van der Waals surface area contributed by atoms with Gasteiger partial charge >= 0.3 is 0 Å². The van der Waals surface area contributed by atoms with E-state index in [-0.39, 0.29) is 17.6 Å². The van der Waals surface area contributed by atoms with Crippen molar-refractivity contribution < 1.29 is 9.53 Å². The highest BCUT2D eigenvalue weighted by atomic mass is 16.5. The molecule has 1 fully saturated rings. The molecule has 0 saturated heterocycles. The Morgan fingerprint density at radius 1 is 1.19 bits per heavy atom. The molecular weight excluding hydrogens is 332 g/mol. The van der Waals surface area contributed by atoms with Crippen molar-refractivity contribution >= 4 is 23.4 Å². The third kappa shape index (κ3) is 4.40. The maximum absolute atomic E-state index is 11.7. The van der Waals surface area contributed by atoms with E-state index in [0.717, 1.165) is 37.1 Å². The van der Waals surface area contributed by atoms with Crippen molar-refractivity contribution in [1.29, 1.82) is 0 Å². The molecule has 3 rings (SSSR count). The van der Waals surface area contributed by atoms with Crippen LogP contribution in [0.15, 0.2) is 30.5 Å². The predicted octanol–water partition coefficient (Wildman–Crippen LogP) is 2.01. The number of primary amides is 1. The van der Waals surface area contributed by atoms with Crippen molar-refractivity contribution in [3.05, 3.63) is 36.0 Å². The molecule has 0 bridgehead atoms. The lowest BCUT2D eigenvalue weighted by Crippen LogP contribution is -2.33. The van der Waals surface area contributed by atoms with Gasteiger partial charge in [0.05, 0.1) is 12.7 Å². The Labute approximate surface area is 152 Å². The second-order valence-electron chi connectivity index (χ2n) is 6.43. The van der Waals surface area contributed by atoms with Gasteiger partial charge in [-0.2, -0.15) is 4.98 Å². The minimum Gasteiger partial charge on any atom is -0.497 e. The van der Waals surface area contributed by atoms with E-state index in [0.29, 0.717) is 11.8 Å². The predicted molar refractivity (Wildman–Crippen MR) is 101 cm³/mol. The minimum absolute atomic E-state index is 0.219. The molecule has 8 heteroatoms. The summed E-state index contributed by atoms with van der Waals surface area (Å²) in [6.07, 6.45) is 5.21. The second kappa shape index (κ2) is 8.01. The fourth-order valence-electron chi connectivity index (χ4n) is 2.99. The van der Waals surface area contributed by atoms with Crippen LogP contribution >= 0.6 is 0 Å². The highest BCUT2D eigenvalue weighted by molar-refractivity contribution is 5.97. The molecule has 0 radical (unpaired) electrons. The van der Waals surface area contributed by atoms with Crippen LogP contribution in [-0.2, 0) is 0 Å². The first kappa shape index (κ1) is 17.9. The van der Waals surface area contributed by atoms with Crippen molar-refractivity contribution in [2.75, 3.05) is 17.7 Å². The zero-order chi connectivity index (χ0) is 18.5. The lowest BCUT2D eigenvalue weighted by atomic mass is 9.92. The van der Waals surface area contributed by atoms with Gasteiger partial charge in [0.25, 0.3) is 5.91 Å². The average molecular weight is 356 g/mol. The van der Waals surface area contributed by atoms with E-state index in [9.17, 15) is 4.79 Å². The molecule has 8 nitrogen and oxygen atoms in total. The van der Waals surface area contributed by atoms with Crippen LogP contribution in [0, 0.1) is 0 Å². The number of rotatable bonds is 6. The number of ether oxygens (including phenoxy) is 1. The summed E-state index contributed by atoms with van der Waals surface area (Å²) in [4.78, 5) is 20.3. The third-order valence-electron chi connectivity index (χ3n) is 4.51. The highest BCUT2D eigenvalue weighted by Crippen LogP contribution is 2.24. The van der Waals surface area contributed by atoms with Crippen LogP contribution in [-0.4, -0.2) is 35.1 Å². The molecule has 1 aromatic carbocycles. The standard InChI is InChI=1S/C18H24N6O2/c1-26-14-8-6-13(7-9-14)23-18-21-10-15(16(20)25)17(24-18)22-12-4-2-11(19)3-5-12/h6-12H,2-5,19H2,1H3,(H2,20,25)(H2,21,22,23,24). The van der Waals surface area contributed by atoms with Gasteiger partial charge in [-0.05, 0) is 49.9 Å². The molecular formula is C18H24N6O2. The Morgan fingerprint density at radius 2 is 1.88 bits per heavy atom. The summed E-state index contributed by atoms with van der Waals surface area (Å²) >= 11 is 0. The number of nitrogens with zero attached hydrogens (tertiary/aromatic N) is 2. The Hall–Kier alpha value is -2.87. The van der Waals surface area contributed by atoms with Crippen molar-refractivity contribution in [3.63, 3.8) is 0 Å². The van der Waals surface area contributed by atoms with Crippen LogP contribution in [0.25, 0.3) is 0 Å². The van der Waals surface area contributed by atoms with E-state index in [1.807, 2.05) is 24.3 Å². The molecule has 26 heavy (non-hydrogen) atoms. The van der Waals surface area contributed by atoms with Crippen molar-refractivity contribution in [2.24, 2.45) is 11.5 Å². The molecule has 0 aliphatic heterocycles. The molecule has 1 saturated carbocycles. The van der Waals surface area contributed by atoms with Crippen molar-refractivity contribution in [2.45, 2.75) is 37.8 Å². The van der Waals surface area contributed by atoms with Crippen LogP contribution in [0.4, 0.5) is 17.5 Å². The van der Waals surface area contributed by atoms with Crippen LogP contribution in [0.2, 0.25) is 0 Å². The van der Waals surface area contributed by atoms with E-state index >= 15 is 0 Å². The Morgan fingerprint density at radius 3 is 2.50 bits per heavy atom. The van der Waals surface area contributed by atoms with Gasteiger partial charge in [-0.1, -0.05) is 0 Å². The summed E-state index contributed by atoms with van der Waals surface area (Å²) in [7, 11) is 1.62. The van der Waals surface area contributed by atoms with Crippen molar-refractivity contribution in [3.8, 4) is 5.75 Å². The number of benzene rings is 1. The molecule has 0 atom stereocenters. The summed E-state index contributed by atoms with van der Waals surface area (Å²) in [5.41, 5.74) is 12.5. The van der Waals surface area contributed by atoms with E-state index in [1.165, 1.54) is 6.20 Å². The van der Waals surface area contributed by atoms with Gasteiger partial charge in [-0.3, -0.25) is 4.79 Å². The number of amides is 1. The van der Waals surface area contributed by atoms with Gasteiger partial charge < -0.3 is 26.8 Å². The molecule has 6 N–H and O–H groups in total. The number of hydrogen-bond donors (Lipinski definition) is 4. The van der Waals surface area contributed by atoms with Gasteiger partial charge in [0.1, 0.15) is 11.6 Å². The van der Waals surface area contributed by atoms with Crippen LogP contribution in [0.1, 0.15) is 36.0 Å². The number of methoxy groups -OCH3 is 1. The number of hydrogen-bond acceptors (Lipinski definition) is 7. The fourth-order valence-corrected chi connectivity index (χ4v) is 2.99. The number of nitrogens with one attached hydrogen (secondary N) is 2. The first-order chi connectivity index (χ1) is 12.5. The van der Waals surface area contributed by atoms with Crippen LogP contribution < -0.4 is 26.8 Å². The molecule has 1 aliphatic carbocycles. The monoisotopic (exact) mass is 356 g/mol. The van der Waals surface area contributed by atoms with Crippen molar-refractivity contribution in [1.82, 2.24) is 9.97 Å². The SMILES string of the molecule is COc1ccc(Nc2ncc(C(N)=O)c(NC3CCC(N)CC3)n2)cc1. The maximum Gasteiger partial charge on any atom is 0.254 e. The zero-order valence-corrected chi connectivity index (χ0v) is 14.7. The summed E-state index contributed by atoms with van der Waals surface area (Å²) < 4.78 is 5.14. The Kier molecular flexibility index (Phi) is 5.52. The molecule has 0 unspecified atom stereocenters. The number of nitrogens with two attached hydrogens (primary N) is 2. The highest BCUT2D eigenvalue weighted by Gasteiger charge is 2.21. The molecule has 138 valence electrons. The normalized spacial score (nSPS) is 19.6. The van der Waals surface area contributed by atoms with Gasteiger partial charge in [0.2, 0.25) is 5.95 Å². The second-order valence-corrected chi connectivity index (χ2v) is 6.43. The summed E-state index contributed by atoms with van der Waals surface area (Å²) in [5, 5.41) is 6.44. The largest absolute Gasteiger partial charge is 0.497 e. The number of anilines is 3. The third-order valence-corrected chi connectivity index (χ3v) is 4.51. The topological polar surface area (TPSA) is 128 Å².